The summed E-state index contributed by atoms with van der Waals surface area (Å²) in [5, 5.41) is 0. The highest BCUT2D eigenvalue weighted by Crippen LogP contribution is 2.27. The van der Waals surface area contributed by atoms with Crippen LogP contribution in [0.15, 0.2) is 29.2 Å². The van der Waals surface area contributed by atoms with Gasteiger partial charge in [-0.2, -0.15) is 4.31 Å². The van der Waals surface area contributed by atoms with Gasteiger partial charge in [-0.25, -0.2) is 8.42 Å². The van der Waals surface area contributed by atoms with Crippen LogP contribution in [-0.2, 0) is 20.2 Å². The second kappa shape index (κ2) is 8.09. The molecule has 1 heterocycles. The summed E-state index contributed by atoms with van der Waals surface area (Å²) >= 11 is 0. The normalized spacial score (nSPS) is 19.3. The zero-order valence-electron chi connectivity index (χ0n) is 16.7. The van der Waals surface area contributed by atoms with Gasteiger partial charge in [0.25, 0.3) is 0 Å². The molecule has 0 spiro atoms. The molecule has 1 aromatic carbocycles. The van der Waals surface area contributed by atoms with Crippen molar-refractivity contribution >= 4 is 15.9 Å². The summed E-state index contributed by atoms with van der Waals surface area (Å²) in [7, 11) is -3.57. The lowest BCUT2D eigenvalue weighted by Gasteiger charge is -2.33. The van der Waals surface area contributed by atoms with Crippen molar-refractivity contribution in [2.45, 2.75) is 57.8 Å². The molecule has 0 N–H and O–H groups in total. The second-order valence-corrected chi connectivity index (χ2v) is 9.93. The average molecular weight is 381 g/mol. The van der Waals surface area contributed by atoms with Gasteiger partial charge in [-0.1, -0.05) is 32.9 Å². The van der Waals surface area contributed by atoms with Gasteiger partial charge in [0, 0.05) is 26.2 Å². The van der Waals surface area contributed by atoms with Crippen LogP contribution in [0.3, 0.4) is 0 Å². The van der Waals surface area contributed by atoms with Gasteiger partial charge >= 0.3 is 0 Å². The molecule has 0 radical (unpaired) electrons. The lowest BCUT2D eigenvalue weighted by molar-refractivity contribution is -0.136. The summed E-state index contributed by atoms with van der Waals surface area (Å²) in [6.07, 6.45) is 1.47. The largest absolute Gasteiger partial charge is 0.343 e. The first-order chi connectivity index (χ1) is 12.1. The van der Waals surface area contributed by atoms with Crippen LogP contribution in [0, 0.1) is 5.92 Å². The van der Waals surface area contributed by atoms with Crippen molar-refractivity contribution in [2.24, 2.45) is 5.92 Å². The molecule has 1 saturated heterocycles. The van der Waals surface area contributed by atoms with Crippen LogP contribution in [0.5, 0.6) is 0 Å². The highest BCUT2D eigenvalue weighted by atomic mass is 32.2. The number of benzene rings is 1. The van der Waals surface area contributed by atoms with Crippen LogP contribution < -0.4 is 0 Å². The Morgan fingerprint density at radius 2 is 1.73 bits per heavy atom. The molecule has 1 amide bonds. The number of piperidine rings is 1. The molecule has 1 atom stereocenters. The lowest BCUT2D eigenvalue weighted by Crippen LogP contribution is -2.46. The van der Waals surface area contributed by atoms with Crippen molar-refractivity contribution in [3.63, 3.8) is 0 Å². The Kier molecular flexibility index (Phi) is 6.51. The van der Waals surface area contributed by atoms with E-state index in [1.807, 2.05) is 26.0 Å². The standard InChI is InChI=1S/C20H32N2O3S/c1-6-21(7-2)19(23)16-9-8-14-22(15-16)26(24,25)18-12-10-17(11-13-18)20(3,4)5/h10-13,16H,6-9,14-15H2,1-5H3. The predicted octanol–water partition coefficient (Wildman–Crippen LogP) is 3.25. The van der Waals surface area contributed by atoms with E-state index in [4.69, 9.17) is 0 Å². The van der Waals surface area contributed by atoms with Gasteiger partial charge in [0.15, 0.2) is 0 Å². The number of rotatable bonds is 5. The number of nitrogens with zero attached hydrogens (tertiary/aromatic N) is 2. The summed E-state index contributed by atoms with van der Waals surface area (Å²) in [4.78, 5) is 14.7. The third kappa shape index (κ3) is 4.46. The molecular formula is C20H32N2O3S. The Bertz CT molecular complexity index is 716. The monoisotopic (exact) mass is 380 g/mol. The first kappa shape index (κ1) is 20.9. The van der Waals surface area contributed by atoms with E-state index in [1.165, 1.54) is 4.31 Å². The van der Waals surface area contributed by atoms with Crippen LogP contribution in [0.1, 0.15) is 53.0 Å². The molecule has 1 unspecified atom stereocenters. The maximum atomic E-state index is 13.0. The minimum atomic E-state index is -3.57. The van der Waals surface area contributed by atoms with Crippen LogP contribution in [0.2, 0.25) is 0 Å². The number of hydrogen-bond donors (Lipinski definition) is 0. The van der Waals surface area contributed by atoms with Crippen LogP contribution >= 0.6 is 0 Å². The first-order valence-corrected chi connectivity index (χ1v) is 10.9. The van der Waals surface area contributed by atoms with E-state index in [9.17, 15) is 13.2 Å². The SMILES string of the molecule is CCN(CC)C(=O)C1CCCN(S(=O)(=O)c2ccc(C(C)(C)C)cc2)C1. The molecule has 5 nitrogen and oxygen atoms in total. The van der Waals surface area contributed by atoms with Crippen LogP contribution in [0.4, 0.5) is 0 Å². The summed E-state index contributed by atoms with van der Waals surface area (Å²) < 4.78 is 27.5. The zero-order chi connectivity index (χ0) is 19.5. The van der Waals surface area contributed by atoms with Crippen LogP contribution in [-0.4, -0.2) is 49.7 Å². The highest BCUT2D eigenvalue weighted by Gasteiger charge is 2.34. The van der Waals surface area contributed by atoms with Crippen molar-refractivity contribution in [2.75, 3.05) is 26.2 Å². The molecular weight excluding hydrogens is 348 g/mol. The number of hydrogen-bond acceptors (Lipinski definition) is 3. The molecule has 1 aliphatic rings. The molecule has 146 valence electrons. The van der Waals surface area contributed by atoms with Crippen molar-refractivity contribution < 1.29 is 13.2 Å². The van der Waals surface area contributed by atoms with Crippen molar-refractivity contribution in [3.8, 4) is 0 Å². The molecule has 1 aliphatic heterocycles. The summed E-state index contributed by atoms with van der Waals surface area (Å²) in [5.74, 6) is -0.176. The molecule has 1 fully saturated rings. The number of carbonyl (C=O) groups is 1. The molecule has 1 aromatic rings. The summed E-state index contributed by atoms with van der Waals surface area (Å²) in [6, 6.07) is 7.14. The average Bonchev–Trinajstić information content (AvgIpc) is 2.62. The van der Waals surface area contributed by atoms with Gasteiger partial charge in [0.05, 0.1) is 10.8 Å². The van der Waals surface area contributed by atoms with Gasteiger partial charge in [-0.3, -0.25) is 4.79 Å². The minimum Gasteiger partial charge on any atom is -0.343 e. The van der Waals surface area contributed by atoms with Gasteiger partial charge in [0.1, 0.15) is 0 Å². The molecule has 2 rings (SSSR count). The summed E-state index contributed by atoms with van der Waals surface area (Å²) in [5.41, 5.74) is 1.08. The van der Waals surface area contributed by atoms with Crippen molar-refractivity contribution in [1.82, 2.24) is 9.21 Å². The van der Waals surface area contributed by atoms with E-state index >= 15 is 0 Å². The predicted molar refractivity (Wildman–Crippen MR) is 105 cm³/mol. The third-order valence-electron chi connectivity index (χ3n) is 5.17. The quantitative estimate of drug-likeness (QED) is 0.788. The fourth-order valence-corrected chi connectivity index (χ4v) is 4.96. The Balaban J connectivity index is 2.19. The maximum Gasteiger partial charge on any atom is 0.243 e. The Hall–Kier alpha value is -1.40. The fourth-order valence-electron chi connectivity index (χ4n) is 3.43. The number of amides is 1. The highest BCUT2D eigenvalue weighted by molar-refractivity contribution is 7.89. The Morgan fingerprint density at radius 3 is 2.23 bits per heavy atom. The van der Waals surface area contributed by atoms with E-state index in [1.54, 1.807) is 17.0 Å². The smallest absolute Gasteiger partial charge is 0.243 e. The Morgan fingerprint density at radius 1 is 1.15 bits per heavy atom. The van der Waals surface area contributed by atoms with Crippen LogP contribution in [0.25, 0.3) is 0 Å². The lowest BCUT2D eigenvalue weighted by atomic mass is 9.87. The number of sulfonamides is 1. The maximum absolute atomic E-state index is 13.0. The summed E-state index contributed by atoms with van der Waals surface area (Å²) in [6.45, 7) is 12.3. The molecule has 0 aliphatic carbocycles. The van der Waals surface area contributed by atoms with E-state index in [2.05, 4.69) is 20.8 Å². The van der Waals surface area contributed by atoms with Crippen molar-refractivity contribution in [3.05, 3.63) is 29.8 Å². The topological polar surface area (TPSA) is 57.7 Å². The third-order valence-corrected chi connectivity index (χ3v) is 7.05. The minimum absolute atomic E-state index is 0.0192. The van der Waals surface area contributed by atoms with E-state index in [0.29, 0.717) is 24.5 Å². The first-order valence-electron chi connectivity index (χ1n) is 9.50. The number of carbonyl (C=O) groups excluding carboxylic acids is 1. The van der Waals surface area contributed by atoms with E-state index in [-0.39, 0.29) is 23.8 Å². The Labute approximate surface area is 158 Å². The molecule has 0 bridgehead atoms. The fraction of sp³-hybridized carbons (Fsp3) is 0.650. The van der Waals surface area contributed by atoms with E-state index in [0.717, 1.165) is 18.4 Å². The van der Waals surface area contributed by atoms with Crippen molar-refractivity contribution in [1.29, 1.82) is 0 Å². The van der Waals surface area contributed by atoms with Gasteiger partial charge < -0.3 is 4.90 Å². The second-order valence-electron chi connectivity index (χ2n) is 7.99. The van der Waals surface area contributed by atoms with Gasteiger partial charge in [0.2, 0.25) is 15.9 Å². The van der Waals surface area contributed by atoms with E-state index < -0.39 is 10.0 Å². The molecule has 0 aromatic heterocycles. The molecule has 0 saturated carbocycles. The van der Waals surface area contributed by atoms with Gasteiger partial charge in [-0.15, -0.1) is 0 Å². The van der Waals surface area contributed by atoms with Gasteiger partial charge in [-0.05, 0) is 49.8 Å². The zero-order valence-corrected chi connectivity index (χ0v) is 17.5. The molecule has 26 heavy (non-hydrogen) atoms. The molecule has 6 heteroatoms.